The van der Waals surface area contributed by atoms with E-state index in [-0.39, 0.29) is 0 Å². The van der Waals surface area contributed by atoms with Gasteiger partial charge in [0.1, 0.15) is 6.26 Å². The highest BCUT2D eigenvalue weighted by atomic mass is 35.5. The molecule has 0 bridgehead atoms. The highest BCUT2D eigenvalue weighted by Gasteiger charge is 2.20. The van der Waals surface area contributed by atoms with Crippen molar-refractivity contribution in [3.63, 3.8) is 0 Å². The predicted molar refractivity (Wildman–Crippen MR) is 104 cm³/mol. The zero-order valence-corrected chi connectivity index (χ0v) is 16.0. The number of nitrogens with one attached hydrogen (secondary N) is 1. The number of hydrogen-bond acceptors (Lipinski definition) is 4. The summed E-state index contributed by atoms with van der Waals surface area (Å²) in [6, 6.07) is 9.91. The molecule has 1 N–H and O–H groups in total. The molecule has 26 heavy (non-hydrogen) atoms. The number of rotatable bonds is 6. The third-order valence-electron chi connectivity index (χ3n) is 4.43. The molecule has 1 aromatic heterocycles. The van der Waals surface area contributed by atoms with Crippen LogP contribution in [0.1, 0.15) is 18.2 Å². The van der Waals surface area contributed by atoms with Gasteiger partial charge in [-0.05, 0) is 31.0 Å². The van der Waals surface area contributed by atoms with Crippen molar-refractivity contribution in [3.05, 3.63) is 52.9 Å². The molecule has 1 aliphatic heterocycles. The van der Waals surface area contributed by atoms with Crippen molar-refractivity contribution in [3.8, 4) is 0 Å². The second-order valence-corrected chi connectivity index (χ2v) is 6.81. The van der Waals surface area contributed by atoms with Crippen LogP contribution in [-0.4, -0.2) is 60.2 Å². The second-order valence-electron chi connectivity index (χ2n) is 6.37. The van der Waals surface area contributed by atoms with Gasteiger partial charge in [-0.1, -0.05) is 28.9 Å². The summed E-state index contributed by atoms with van der Waals surface area (Å²) in [5.74, 6) is 0.996. The van der Waals surface area contributed by atoms with E-state index in [2.05, 4.69) is 33.3 Å². The van der Waals surface area contributed by atoms with E-state index in [4.69, 9.17) is 21.1 Å². The summed E-state index contributed by atoms with van der Waals surface area (Å²) in [7, 11) is 0. The van der Waals surface area contributed by atoms with Crippen LogP contribution < -0.4 is 5.32 Å². The molecule has 0 radical (unpaired) electrons. The molecule has 2 heterocycles. The molecule has 0 atom stereocenters. The summed E-state index contributed by atoms with van der Waals surface area (Å²) in [5.41, 5.74) is 2.20. The minimum atomic E-state index is 0.752. The van der Waals surface area contributed by atoms with Gasteiger partial charge in [0.25, 0.3) is 0 Å². The van der Waals surface area contributed by atoms with Crippen molar-refractivity contribution >= 4 is 17.6 Å². The lowest BCUT2D eigenvalue weighted by atomic mass is 10.1. The van der Waals surface area contributed by atoms with E-state index in [9.17, 15) is 0 Å². The number of benzene rings is 1. The van der Waals surface area contributed by atoms with Gasteiger partial charge in [0.2, 0.25) is 0 Å². The standard InChI is InChI=1S/C19H26ClN5O/c1-2-21-19(22-8-6-16-4-3-5-17(20)14-16)25-11-9-24(10-12-25)15-18-7-13-26-23-18/h3-5,7,13-14H,2,6,8-12,15H2,1H3,(H,21,22). The smallest absolute Gasteiger partial charge is 0.194 e. The topological polar surface area (TPSA) is 56.9 Å². The van der Waals surface area contributed by atoms with Crippen molar-refractivity contribution in [2.75, 3.05) is 39.3 Å². The number of halogens is 1. The molecular formula is C19H26ClN5O. The molecule has 1 saturated heterocycles. The van der Waals surface area contributed by atoms with Crippen LogP contribution >= 0.6 is 11.6 Å². The Balaban J connectivity index is 1.51. The molecule has 3 rings (SSSR count). The maximum atomic E-state index is 6.05. The highest BCUT2D eigenvalue weighted by Crippen LogP contribution is 2.11. The van der Waals surface area contributed by atoms with Crippen molar-refractivity contribution in [1.29, 1.82) is 0 Å². The van der Waals surface area contributed by atoms with Gasteiger partial charge in [0.15, 0.2) is 5.96 Å². The van der Waals surface area contributed by atoms with Gasteiger partial charge in [0, 0.05) is 56.9 Å². The Labute approximate surface area is 159 Å². The summed E-state index contributed by atoms with van der Waals surface area (Å²) in [4.78, 5) is 9.53. The van der Waals surface area contributed by atoms with E-state index in [0.29, 0.717) is 0 Å². The molecule has 7 heteroatoms. The Hall–Kier alpha value is -2.05. The number of piperazine rings is 1. The Morgan fingerprint density at radius 1 is 1.27 bits per heavy atom. The maximum Gasteiger partial charge on any atom is 0.194 e. The molecule has 1 fully saturated rings. The van der Waals surface area contributed by atoms with Gasteiger partial charge in [-0.3, -0.25) is 9.89 Å². The van der Waals surface area contributed by atoms with Gasteiger partial charge >= 0.3 is 0 Å². The molecule has 2 aromatic rings. The molecule has 6 nitrogen and oxygen atoms in total. The normalized spacial score (nSPS) is 16.1. The predicted octanol–water partition coefficient (Wildman–Crippen LogP) is 2.65. The molecular weight excluding hydrogens is 350 g/mol. The maximum absolute atomic E-state index is 6.05. The van der Waals surface area contributed by atoms with Crippen molar-refractivity contribution in [2.24, 2.45) is 4.99 Å². The minimum absolute atomic E-state index is 0.752. The Kier molecular flexibility index (Phi) is 6.91. The molecule has 1 aliphatic rings. The first-order valence-electron chi connectivity index (χ1n) is 9.14. The Bertz CT molecular complexity index is 696. The molecule has 0 amide bonds. The lowest BCUT2D eigenvalue weighted by molar-refractivity contribution is 0.169. The first-order valence-corrected chi connectivity index (χ1v) is 9.51. The van der Waals surface area contributed by atoms with Crippen LogP contribution in [0.25, 0.3) is 0 Å². The number of nitrogens with zero attached hydrogens (tertiary/aromatic N) is 4. The Morgan fingerprint density at radius 2 is 2.12 bits per heavy atom. The zero-order valence-electron chi connectivity index (χ0n) is 15.2. The Morgan fingerprint density at radius 3 is 2.81 bits per heavy atom. The summed E-state index contributed by atoms with van der Waals surface area (Å²) < 4.78 is 4.91. The number of aliphatic imine (C=N–C) groups is 1. The van der Waals surface area contributed by atoms with Gasteiger partial charge in [-0.2, -0.15) is 0 Å². The van der Waals surface area contributed by atoms with E-state index >= 15 is 0 Å². The third-order valence-corrected chi connectivity index (χ3v) is 4.67. The van der Waals surface area contributed by atoms with E-state index in [1.807, 2.05) is 24.3 Å². The van der Waals surface area contributed by atoms with Crippen LogP contribution in [0.5, 0.6) is 0 Å². The highest BCUT2D eigenvalue weighted by molar-refractivity contribution is 6.30. The van der Waals surface area contributed by atoms with E-state index < -0.39 is 0 Å². The lowest BCUT2D eigenvalue weighted by Crippen LogP contribution is -2.52. The molecule has 0 unspecified atom stereocenters. The van der Waals surface area contributed by atoms with Crippen LogP contribution in [0.15, 0.2) is 46.1 Å². The lowest BCUT2D eigenvalue weighted by Gasteiger charge is -2.36. The molecule has 140 valence electrons. The van der Waals surface area contributed by atoms with E-state index in [1.165, 1.54) is 5.56 Å². The van der Waals surface area contributed by atoms with Gasteiger partial charge in [0.05, 0.1) is 5.69 Å². The molecule has 0 spiro atoms. The van der Waals surface area contributed by atoms with Crippen LogP contribution in [0.3, 0.4) is 0 Å². The van der Waals surface area contributed by atoms with E-state index in [1.54, 1.807) is 6.26 Å². The van der Waals surface area contributed by atoms with Crippen molar-refractivity contribution in [1.82, 2.24) is 20.3 Å². The van der Waals surface area contributed by atoms with Gasteiger partial charge < -0.3 is 14.7 Å². The average molecular weight is 376 g/mol. The third kappa shape index (κ3) is 5.47. The fourth-order valence-corrected chi connectivity index (χ4v) is 3.29. The zero-order chi connectivity index (χ0) is 18.2. The quantitative estimate of drug-likeness (QED) is 0.621. The average Bonchev–Trinajstić information content (AvgIpc) is 3.15. The summed E-state index contributed by atoms with van der Waals surface area (Å²) in [6.45, 7) is 8.47. The van der Waals surface area contributed by atoms with Crippen LogP contribution in [0.2, 0.25) is 5.02 Å². The van der Waals surface area contributed by atoms with Crippen LogP contribution in [-0.2, 0) is 13.0 Å². The SMILES string of the molecule is CCNC(=NCCc1cccc(Cl)c1)N1CCN(Cc2ccon2)CC1. The number of aromatic nitrogens is 1. The molecule has 0 aliphatic carbocycles. The van der Waals surface area contributed by atoms with Crippen LogP contribution in [0, 0.1) is 0 Å². The van der Waals surface area contributed by atoms with Crippen LogP contribution in [0.4, 0.5) is 0 Å². The largest absolute Gasteiger partial charge is 0.364 e. The monoisotopic (exact) mass is 375 g/mol. The first-order chi connectivity index (χ1) is 12.7. The number of hydrogen-bond donors (Lipinski definition) is 1. The fourth-order valence-electron chi connectivity index (χ4n) is 3.08. The van der Waals surface area contributed by atoms with Gasteiger partial charge in [-0.15, -0.1) is 0 Å². The fraction of sp³-hybridized carbons (Fsp3) is 0.474. The van der Waals surface area contributed by atoms with Crippen molar-refractivity contribution < 1.29 is 4.52 Å². The molecule has 0 saturated carbocycles. The van der Waals surface area contributed by atoms with Gasteiger partial charge in [-0.25, -0.2) is 0 Å². The second kappa shape index (κ2) is 9.59. The molecule has 1 aromatic carbocycles. The summed E-state index contributed by atoms with van der Waals surface area (Å²) in [5, 5.41) is 8.19. The minimum Gasteiger partial charge on any atom is -0.364 e. The summed E-state index contributed by atoms with van der Waals surface area (Å²) in [6.07, 6.45) is 2.52. The number of guanidine groups is 1. The summed E-state index contributed by atoms with van der Waals surface area (Å²) >= 11 is 6.05. The van der Waals surface area contributed by atoms with Crippen molar-refractivity contribution in [2.45, 2.75) is 19.9 Å². The van der Waals surface area contributed by atoms with E-state index in [0.717, 1.165) is 68.9 Å². The first kappa shape index (κ1) is 18.7.